The summed E-state index contributed by atoms with van der Waals surface area (Å²) in [7, 11) is 1.39. The molecule has 0 radical (unpaired) electrons. The van der Waals surface area contributed by atoms with Crippen molar-refractivity contribution in [2.45, 2.75) is 25.2 Å². The summed E-state index contributed by atoms with van der Waals surface area (Å²) in [6.07, 6.45) is -2.58. The maximum atomic E-state index is 12.0. The lowest BCUT2D eigenvalue weighted by Gasteiger charge is -2.11. The second kappa shape index (κ2) is 5.18. The van der Waals surface area contributed by atoms with Gasteiger partial charge in [0, 0.05) is 10.7 Å². The van der Waals surface area contributed by atoms with Gasteiger partial charge in [0.25, 0.3) is 15.5 Å². The Labute approximate surface area is 103 Å². The van der Waals surface area contributed by atoms with E-state index in [2.05, 4.69) is 0 Å². The van der Waals surface area contributed by atoms with Crippen molar-refractivity contribution in [3.05, 3.63) is 23.3 Å². The summed E-state index contributed by atoms with van der Waals surface area (Å²) in [5.41, 5.74) is 0.797. The van der Waals surface area contributed by atoms with Crippen LogP contribution < -0.4 is 4.74 Å². The molecule has 0 N–H and O–H groups in total. The molecule has 96 valence electrons. The molecular formula is C10H11ClF2O3S. The van der Waals surface area contributed by atoms with E-state index in [-0.39, 0.29) is 10.6 Å². The first-order chi connectivity index (χ1) is 7.71. The fourth-order valence-corrected chi connectivity index (χ4v) is 2.59. The number of alkyl halides is 2. The molecule has 0 amide bonds. The molecule has 0 unspecified atom stereocenters. The highest BCUT2D eigenvalue weighted by atomic mass is 35.7. The summed E-state index contributed by atoms with van der Waals surface area (Å²) in [5, 5.41) is 0. The Bertz CT molecular complexity index is 515. The predicted octanol–water partition coefficient (Wildman–Crippen LogP) is 2.87. The summed E-state index contributed by atoms with van der Waals surface area (Å²) >= 11 is 0. The van der Waals surface area contributed by atoms with Gasteiger partial charge in [0.05, 0.1) is 4.90 Å². The average Bonchev–Trinajstić information content (AvgIpc) is 2.17. The third-order valence-electron chi connectivity index (χ3n) is 2.10. The van der Waals surface area contributed by atoms with Gasteiger partial charge < -0.3 is 4.74 Å². The highest BCUT2D eigenvalue weighted by molar-refractivity contribution is 8.13. The molecule has 0 saturated heterocycles. The zero-order valence-electron chi connectivity index (χ0n) is 9.21. The lowest BCUT2D eigenvalue weighted by atomic mass is 10.1. The molecular weight excluding hydrogens is 274 g/mol. The van der Waals surface area contributed by atoms with Gasteiger partial charge in [0.1, 0.15) is 12.4 Å². The standard InChI is InChI=1S/C10H11ClF2O3S/c1-6-4-9(17(11,14)15)7(2)3-8(6)16-5-10(12)13/h3-4,10H,5H2,1-2H3. The molecule has 0 aliphatic carbocycles. The molecule has 3 nitrogen and oxygen atoms in total. The van der Waals surface area contributed by atoms with E-state index < -0.39 is 22.1 Å². The van der Waals surface area contributed by atoms with Gasteiger partial charge in [-0.25, -0.2) is 17.2 Å². The van der Waals surface area contributed by atoms with Gasteiger partial charge in [-0.2, -0.15) is 0 Å². The largest absolute Gasteiger partial charge is 0.487 e. The van der Waals surface area contributed by atoms with Crippen molar-refractivity contribution in [2.24, 2.45) is 0 Å². The van der Waals surface area contributed by atoms with E-state index >= 15 is 0 Å². The van der Waals surface area contributed by atoms with E-state index in [0.29, 0.717) is 11.1 Å². The van der Waals surface area contributed by atoms with Crippen molar-refractivity contribution in [1.29, 1.82) is 0 Å². The lowest BCUT2D eigenvalue weighted by Crippen LogP contribution is -2.08. The first kappa shape index (κ1) is 14.2. The number of hydrogen-bond acceptors (Lipinski definition) is 3. The number of halogens is 3. The highest BCUT2D eigenvalue weighted by Gasteiger charge is 2.16. The molecule has 0 bridgehead atoms. The molecule has 0 aliphatic heterocycles. The summed E-state index contributed by atoms with van der Waals surface area (Å²) in [6, 6.07) is 2.69. The van der Waals surface area contributed by atoms with Crippen molar-refractivity contribution in [1.82, 2.24) is 0 Å². The molecule has 0 aliphatic rings. The van der Waals surface area contributed by atoms with Crippen LogP contribution in [0.2, 0.25) is 0 Å². The van der Waals surface area contributed by atoms with Crippen molar-refractivity contribution in [3.8, 4) is 5.75 Å². The van der Waals surface area contributed by atoms with E-state index in [4.69, 9.17) is 15.4 Å². The van der Waals surface area contributed by atoms with Crippen LogP contribution in [0.25, 0.3) is 0 Å². The predicted molar refractivity (Wildman–Crippen MR) is 60.5 cm³/mol. The second-order valence-electron chi connectivity index (χ2n) is 3.52. The molecule has 1 aromatic rings. The fourth-order valence-electron chi connectivity index (χ4n) is 1.33. The lowest BCUT2D eigenvalue weighted by molar-refractivity contribution is 0.0815. The van der Waals surface area contributed by atoms with Crippen molar-refractivity contribution >= 4 is 19.7 Å². The van der Waals surface area contributed by atoms with Crippen LogP contribution in [0.1, 0.15) is 11.1 Å². The number of benzene rings is 1. The van der Waals surface area contributed by atoms with Gasteiger partial charge in [-0.05, 0) is 37.1 Å². The van der Waals surface area contributed by atoms with E-state index in [0.717, 1.165) is 0 Å². The molecule has 0 spiro atoms. The van der Waals surface area contributed by atoms with Crippen LogP contribution in [0.15, 0.2) is 17.0 Å². The van der Waals surface area contributed by atoms with Crippen LogP contribution in [-0.4, -0.2) is 21.5 Å². The Morgan fingerprint density at radius 1 is 1.29 bits per heavy atom. The van der Waals surface area contributed by atoms with Crippen molar-refractivity contribution in [3.63, 3.8) is 0 Å². The Balaban J connectivity index is 3.10. The van der Waals surface area contributed by atoms with Crippen LogP contribution in [0, 0.1) is 13.8 Å². The molecule has 0 heterocycles. The topological polar surface area (TPSA) is 43.4 Å². The molecule has 1 rings (SSSR count). The number of ether oxygens (including phenoxy) is 1. The van der Waals surface area contributed by atoms with Gasteiger partial charge in [-0.1, -0.05) is 0 Å². The number of hydrogen-bond donors (Lipinski definition) is 0. The van der Waals surface area contributed by atoms with Gasteiger partial charge >= 0.3 is 0 Å². The van der Waals surface area contributed by atoms with Crippen LogP contribution in [0.3, 0.4) is 0 Å². The number of rotatable bonds is 4. The van der Waals surface area contributed by atoms with Gasteiger partial charge in [0.2, 0.25) is 0 Å². The van der Waals surface area contributed by atoms with Gasteiger partial charge in [-0.3, -0.25) is 0 Å². The second-order valence-corrected chi connectivity index (χ2v) is 6.06. The maximum Gasteiger partial charge on any atom is 0.272 e. The first-order valence-corrected chi connectivity index (χ1v) is 6.99. The van der Waals surface area contributed by atoms with E-state index in [9.17, 15) is 17.2 Å². The maximum absolute atomic E-state index is 12.0. The zero-order valence-corrected chi connectivity index (χ0v) is 10.8. The monoisotopic (exact) mass is 284 g/mol. The molecule has 17 heavy (non-hydrogen) atoms. The third-order valence-corrected chi connectivity index (χ3v) is 3.56. The molecule has 0 aromatic heterocycles. The summed E-state index contributed by atoms with van der Waals surface area (Å²) < 4.78 is 51.2. The minimum absolute atomic E-state index is 0.0407. The Hall–Kier alpha value is -0.880. The summed E-state index contributed by atoms with van der Waals surface area (Å²) in [6.45, 7) is 2.35. The van der Waals surface area contributed by atoms with Crippen molar-refractivity contribution < 1.29 is 21.9 Å². The molecule has 7 heteroatoms. The molecule has 0 fully saturated rings. The van der Waals surface area contributed by atoms with E-state index in [1.807, 2.05) is 0 Å². The van der Waals surface area contributed by atoms with Gasteiger partial charge in [-0.15, -0.1) is 0 Å². The van der Waals surface area contributed by atoms with Crippen molar-refractivity contribution in [2.75, 3.05) is 6.61 Å². The Morgan fingerprint density at radius 3 is 2.35 bits per heavy atom. The SMILES string of the molecule is Cc1cc(S(=O)(=O)Cl)c(C)cc1OCC(F)F. The van der Waals surface area contributed by atoms with Crippen LogP contribution >= 0.6 is 10.7 Å². The highest BCUT2D eigenvalue weighted by Crippen LogP contribution is 2.28. The van der Waals surface area contributed by atoms with Crippen LogP contribution in [0.5, 0.6) is 5.75 Å². The summed E-state index contributed by atoms with van der Waals surface area (Å²) in [5.74, 6) is 0.229. The Kier molecular flexibility index (Phi) is 4.32. The third kappa shape index (κ3) is 3.81. The average molecular weight is 285 g/mol. The summed E-state index contributed by atoms with van der Waals surface area (Å²) in [4.78, 5) is -0.0407. The van der Waals surface area contributed by atoms with E-state index in [1.165, 1.54) is 19.1 Å². The zero-order chi connectivity index (χ0) is 13.2. The molecule has 0 atom stereocenters. The van der Waals surface area contributed by atoms with E-state index in [1.54, 1.807) is 6.92 Å². The smallest absolute Gasteiger partial charge is 0.272 e. The molecule has 1 aromatic carbocycles. The first-order valence-electron chi connectivity index (χ1n) is 4.68. The van der Waals surface area contributed by atoms with Gasteiger partial charge in [0.15, 0.2) is 0 Å². The van der Waals surface area contributed by atoms with Crippen LogP contribution in [-0.2, 0) is 9.05 Å². The van der Waals surface area contributed by atoms with Crippen LogP contribution in [0.4, 0.5) is 8.78 Å². The minimum atomic E-state index is -3.84. The quantitative estimate of drug-likeness (QED) is 0.799. The molecule has 0 saturated carbocycles. The normalized spacial score (nSPS) is 11.9. The number of aryl methyl sites for hydroxylation is 2. The Morgan fingerprint density at radius 2 is 1.88 bits per heavy atom. The minimum Gasteiger partial charge on any atom is -0.487 e. The fraction of sp³-hybridized carbons (Fsp3) is 0.400.